The molecule has 1 aliphatic rings. The van der Waals surface area contributed by atoms with E-state index in [4.69, 9.17) is 0 Å². The van der Waals surface area contributed by atoms with Gasteiger partial charge in [0.1, 0.15) is 11.5 Å². The summed E-state index contributed by atoms with van der Waals surface area (Å²) in [7, 11) is 0. The van der Waals surface area contributed by atoms with E-state index in [0.717, 1.165) is 24.2 Å². The first-order chi connectivity index (χ1) is 8.19. The van der Waals surface area contributed by atoms with Crippen LogP contribution in [0.25, 0.3) is 6.08 Å². The number of aryl methyl sites for hydroxylation is 1. The summed E-state index contributed by atoms with van der Waals surface area (Å²) in [5.74, 6) is 0.671. The molecule has 0 aromatic heterocycles. The topological polar surface area (TPSA) is 41.5 Å². The largest absolute Gasteiger partial charge is 0.309 e. The Balaban J connectivity index is 2.22. The molecule has 1 aromatic carbocycles. The summed E-state index contributed by atoms with van der Waals surface area (Å²) in [4.78, 5) is 15.9. The van der Waals surface area contributed by atoms with E-state index in [2.05, 4.69) is 17.2 Å². The van der Waals surface area contributed by atoms with Crippen LogP contribution in [0.15, 0.2) is 35.0 Å². The lowest BCUT2D eigenvalue weighted by molar-refractivity contribution is -0.115. The zero-order chi connectivity index (χ0) is 12.3. The Kier molecular flexibility index (Phi) is 3.38. The predicted molar refractivity (Wildman–Crippen MR) is 69.6 cm³/mol. The monoisotopic (exact) mass is 228 g/mol. The lowest BCUT2D eigenvalue weighted by atomic mass is 10.1. The van der Waals surface area contributed by atoms with Gasteiger partial charge in [-0.15, -0.1) is 0 Å². The van der Waals surface area contributed by atoms with E-state index in [1.807, 2.05) is 37.3 Å². The smallest absolute Gasteiger partial charge is 0.275 e. The third-order valence-electron chi connectivity index (χ3n) is 2.61. The first kappa shape index (κ1) is 11.6. The van der Waals surface area contributed by atoms with Gasteiger partial charge in [0.05, 0.1) is 0 Å². The van der Waals surface area contributed by atoms with Crippen LogP contribution in [0, 0.1) is 6.92 Å². The number of amides is 1. The number of nitrogens with one attached hydrogen (secondary N) is 1. The number of nitrogens with zero attached hydrogens (tertiary/aromatic N) is 1. The van der Waals surface area contributed by atoms with Crippen LogP contribution in [-0.4, -0.2) is 11.7 Å². The standard InChI is InChI=1S/C14H16N2O/c1-3-4-13-15-12(14(17)16-13)9-11-7-5-10(2)6-8-11/h5-9H,3-4H2,1-2H3,(H,15,16,17)/b12-9-. The summed E-state index contributed by atoms with van der Waals surface area (Å²) >= 11 is 0. The summed E-state index contributed by atoms with van der Waals surface area (Å²) < 4.78 is 0. The molecule has 0 unspecified atom stereocenters. The fourth-order valence-electron chi connectivity index (χ4n) is 1.69. The Morgan fingerprint density at radius 3 is 2.65 bits per heavy atom. The maximum atomic E-state index is 11.6. The zero-order valence-electron chi connectivity index (χ0n) is 10.2. The number of carbonyl (C=O) groups is 1. The van der Waals surface area contributed by atoms with Crippen LogP contribution < -0.4 is 5.32 Å². The van der Waals surface area contributed by atoms with Gasteiger partial charge in [-0.05, 0) is 25.0 Å². The molecule has 0 spiro atoms. The van der Waals surface area contributed by atoms with Crippen molar-refractivity contribution in [2.45, 2.75) is 26.7 Å². The molecule has 1 N–H and O–H groups in total. The highest BCUT2D eigenvalue weighted by atomic mass is 16.2. The van der Waals surface area contributed by atoms with Gasteiger partial charge in [-0.3, -0.25) is 4.79 Å². The number of hydrogen-bond donors (Lipinski definition) is 1. The molecule has 17 heavy (non-hydrogen) atoms. The Morgan fingerprint density at radius 2 is 2.00 bits per heavy atom. The Morgan fingerprint density at radius 1 is 1.29 bits per heavy atom. The van der Waals surface area contributed by atoms with E-state index < -0.39 is 0 Å². The van der Waals surface area contributed by atoms with Crippen LogP contribution >= 0.6 is 0 Å². The SMILES string of the molecule is CCCC1=N/C(=C\c2ccc(C)cc2)C(=O)N1. The minimum absolute atomic E-state index is 0.103. The van der Waals surface area contributed by atoms with Crippen LogP contribution in [0.1, 0.15) is 30.9 Å². The van der Waals surface area contributed by atoms with Gasteiger partial charge in [0.25, 0.3) is 5.91 Å². The van der Waals surface area contributed by atoms with Crippen LogP contribution in [0.5, 0.6) is 0 Å². The molecule has 0 radical (unpaired) electrons. The minimum Gasteiger partial charge on any atom is -0.309 e. The lowest BCUT2D eigenvalue weighted by Crippen LogP contribution is -2.23. The van der Waals surface area contributed by atoms with Crippen molar-refractivity contribution in [3.63, 3.8) is 0 Å². The zero-order valence-corrected chi connectivity index (χ0v) is 10.2. The van der Waals surface area contributed by atoms with Crippen molar-refractivity contribution in [1.29, 1.82) is 0 Å². The summed E-state index contributed by atoms with van der Waals surface area (Å²) in [6.45, 7) is 4.10. The maximum absolute atomic E-state index is 11.6. The number of amidine groups is 1. The molecule has 1 aromatic rings. The van der Waals surface area contributed by atoms with E-state index >= 15 is 0 Å². The van der Waals surface area contributed by atoms with Gasteiger partial charge in [-0.25, -0.2) is 4.99 Å². The van der Waals surface area contributed by atoms with Gasteiger partial charge in [-0.2, -0.15) is 0 Å². The molecule has 1 amide bonds. The van der Waals surface area contributed by atoms with Gasteiger partial charge < -0.3 is 5.32 Å². The second-order valence-electron chi connectivity index (χ2n) is 4.20. The Labute approximate surface area is 101 Å². The van der Waals surface area contributed by atoms with Crippen molar-refractivity contribution in [1.82, 2.24) is 5.32 Å². The highest BCUT2D eigenvalue weighted by molar-refractivity contribution is 6.14. The molecule has 0 saturated heterocycles. The second-order valence-corrected chi connectivity index (χ2v) is 4.20. The quantitative estimate of drug-likeness (QED) is 0.794. The first-order valence-electron chi connectivity index (χ1n) is 5.86. The molecule has 1 heterocycles. The number of hydrogen-bond acceptors (Lipinski definition) is 2. The summed E-state index contributed by atoms with van der Waals surface area (Å²) in [5.41, 5.74) is 2.71. The molecule has 0 saturated carbocycles. The summed E-state index contributed by atoms with van der Waals surface area (Å²) in [6, 6.07) is 8.03. The highest BCUT2D eigenvalue weighted by Gasteiger charge is 2.18. The molecule has 0 fully saturated rings. The maximum Gasteiger partial charge on any atom is 0.275 e. The van der Waals surface area contributed by atoms with Crippen molar-refractivity contribution in [2.24, 2.45) is 4.99 Å². The number of rotatable bonds is 3. The number of carbonyl (C=O) groups excluding carboxylic acids is 1. The second kappa shape index (κ2) is 4.95. The third kappa shape index (κ3) is 2.81. The van der Waals surface area contributed by atoms with Crippen LogP contribution in [0.3, 0.4) is 0 Å². The Hall–Kier alpha value is -1.90. The molecule has 88 valence electrons. The molecule has 1 aliphatic heterocycles. The predicted octanol–water partition coefficient (Wildman–Crippen LogP) is 2.66. The fraction of sp³-hybridized carbons (Fsp3) is 0.286. The van der Waals surface area contributed by atoms with Crippen LogP contribution in [0.2, 0.25) is 0 Å². The lowest BCUT2D eigenvalue weighted by Gasteiger charge is -1.95. The number of aliphatic imine (C=N–C) groups is 1. The molecule has 3 heteroatoms. The van der Waals surface area contributed by atoms with Crippen molar-refractivity contribution in [3.8, 4) is 0 Å². The average molecular weight is 228 g/mol. The van der Waals surface area contributed by atoms with E-state index in [1.165, 1.54) is 5.56 Å². The van der Waals surface area contributed by atoms with Crippen molar-refractivity contribution < 1.29 is 4.79 Å². The van der Waals surface area contributed by atoms with E-state index in [9.17, 15) is 4.79 Å². The van der Waals surface area contributed by atoms with Gasteiger partial charge in [0.2, 0.25) is 0 Å². The van der Waals surface area contributed by atoms with E-state index in [-0.39, 0.29) is 5.91 Å². The van der Waals surface area contributed by atoms with E-state index in [1.54, 1.807) is 0 Å². The molecular weight excluding hydrogens is 212 g/mol. The normalized spacial score (nSPS) is 17.2. The summed E-state index contributed by atoms with van der Waals surface area (Å²) in [6.07, 6.45) is 3.62. The first-order valence-corrected chi connectivity index (χ1v) is 5.86. The molecular formula is C14H16N2O. The molecule has 0 aliphatic carbocycles. The minimum atomic E-state index is -0.103. The molecule has 0 atom stereocenters. The van der Waals surface area contributed by atoms with Gasteiger partial charge in [0, 0.05) is 6.42 Å². The number of benzene rings is 1. The van der Waals surface area contributed by atoms with Crippen molar-refractivity contribution >= 4 is 17.8 Å². The van der Waals surface area contributed by atoms with Gasteiger partial charge >= 0.3 is 0 Å². The Bertz CT molecular complexity index is 483. The third-order valence-corrected chi connectivity index (χ3v) is 2.61. The highest BCUT2D eigenvalue weighted by Crippen LogP contribution is 2.13. The fourth-order valence-corrected chi connectivity index (χ4v) is 1.69. The van der Waals surface area contributed by atoms with Gasteiger partial charge in [0.15, 0.2) is 0 Å². The van der Waals surface area contributed by atoms with Crippen molar-refractivity contribution in [2.75, 3.05) is 0 Å². The van der Waals surface area contributed by atoms with E-state index in [0.29, 0.717) is 5.70 Å². The van der Waals surface area contributed by atoms with Crippen molar-refractivity contribution in [3.05, 3.63) is 41.1 Å². The van der Waals surface area contributed by atoms with Crippen LogP contribution in [-0.2, 0) is 4.79 Å². The average Bonchev–Trinajstić information content (AvgIpc) is 2.63. The summed E-state index contributed by atoms with van der Waals surface area (Å²) in [5, 5.41) is 2.78. The van der Waals surface area contributed by atoms with Crippen LogP contribution in [0.4, 0.5) is 0 Å². The molecule has 3 nitrogen and oxygen atoms in total. The molecule has 0 bridgehead atoms. The molecule has 2 rings (SSSR count). The van der Waals surface area contributed by atoms with Gasteiger partial charge in [-0.1, -0.05) is 36.8 Å².